The molecule has 2 amide bonds. The number of hydrogen-bond acceptors (Lipinski definition) is 5. The van der Waals surface area contributed by atoms with Crippen LogP contribution in [0.5, 0.6) is 0 Å². The van der Waals surface area contributed by atoms with Crippen LogP contribution in [0.2, 0.25) is 0 Å². The SMILES string of the molecule is Cc1ccccc1NC(=O)N1C=C2C=C(CS(C)(=O)=O)c3ccn(C)c(=O)c3C3=C2C1CCN3. The number of amides is 2. The molecule has 0 spiro atoms. The molecule has 2 aliphatic heterocycles. The Kier molecular flexibility index (Phi) is 5.24. The average molecular weight is 479 g/mol. The summed E-state index contributed by atoms with van der Waals surface area (Å²) in [4.78, 5) is 28.2. The monoisotopic (exact) mass is 478 g/mol. The van der Waals surface area contributed by atoms with E-state index in [2.05, 4.69) is 10.6 Å². The lowest BCUT2D eigenvalue weighted by molar-refractivity contribution is 0.220. The summed E-state index contributed by atoms with van der Waals surface area (Å²) < 4.78 is 26.0. The zero-order chi connectivity index (χ0) is 24.2. The molecule has 3 heterocycles. The first-order chi connectivity index (χ1) is 16.1. The maximum Gasteiger partial charge on any atom is 0.326 e. The van der Waals surface area contributed by atoms with E-state index in [0.29, 0.717) is 35.4 Å². The van der Waals surface area contributed by atoms with Crippen LogP contribution in [0, 0.1) is 6.92 Å². The zero-order valence-corrected chi connectivity index (χ0v) is 20.1. The first-order valence-electron chi connectivity index (χ1n) is 11.1. The third-order valence-corrected chi connectivity index (χ3v) is 7.32. The summed E-state index contributed by atoms with van der Waals surface area (Å²) in [5.41, 5.74) is 5.32. The van der Waals surface area contributed by atoms with Gasteiger partial charge in [-0.25, -0.2) is 13.2 Å². The summed E-state index contributed by atoms with van der Waals surface area (Å²) >= 11 is 0. The predicted molar refractivity (Wildman–Crippen MR) is 133 cm³/mol. The molecule has 8 nitrogen and oxygen atoms in total. The summed E-state index contributed by atoms with van der Waals surface area (Å²) in [6.07, 6.45) is 7.07. The van der Waals surface area contributed by atoms with Gasteiger partial charge < -0.3 is 15.2 Å². The molecule has 2 N–H and O–H groups in total. The highest BCUT2D eigenvalue weighted by Crippen LogP contribution is 2.42. The molecular formula is C25H26N4O4S. The lowest BCUT2D eigenvalue weighted by Crippen LogP contribution is -2.42. The van der Waals surface area contributed by atoms with Crippen LogP contribution < -0.4 is 16.2 Å². The minimum atomic E-state index is -3.37. The Morgan fingerprint density at radius 3 is 2.74 bits per heavy atom. The number of pyridine rings is 1. The average Bonchev–Trinajstić information content (AvgIpc) is 3.08. The number of fused-ring (bicyclic) bond motifs is 2. The molecule has 0 saturated heterocycles. The summed E-state index contributed by atoms with van der Waals surface area (Å²) in [5.74, 6) is -0.203. The van der Waals surface area contributed by atoms with Crippen molar-refractivity contribution in [1.82, 2.24) is 14.8 Å². The van der Waals surface area contributed by atoms with Crippen molar-refractivity contribution in [3.05, 3.63) is 87.0 Å². The van der Waals surface area contributed by atoms with Gasteiger partial charge >= 0.3 is 6.03 Å². The lowest BCUT2D eigenvalue weighted by Gasteiger charge is -2.31. The van der Waals surface area contributed by atoms with E-state index in [1.54, 1.807) is 30.4 Å². The molecule has 1 unspecified atom stereocenters. The van der Waals surface area contributed by atoms with Crippen molar-refractivity contribution < 1.29 is 13.2 Å². The number of nitrogens with one attached hydrogen (secondary N) is 2. The van der Waals surface area contributed by atoms with Crippen molar-refractivity contribution in [2.24, 2.45) is 7.05 Å². The Hall–Kier alpha value is -3.59. The smallest absolute Gasteiger partial charge is 0.326 e. The maximum absolute atomic E-state index is 13.3. The third-order valence-electron chi connectivity index (χ3n) is 6.48. The van der Waals surface area contributed by atoms with E-state index in [4.69, 9.17) is 0 Å². The first-order valence-corrected chi connectivity index (χ1v) is 13.1. The van der Waals surface area contributed by atoms with Crippen molar-refractivity contribution in [1.29, 1.82) is 0 Å². The summed E-state index contributed by atoms with van der Waals surface area (Å²) in [6, 6.07) is 8.82. The maximum atomic E-state index is 13.3. The summed E-state index contributed by atoms with van der Waals surface area (Å²) in [6.45, 7) is 2.51. The number of aromatic nitrogens is 1. The van der Waals surface area contributed by atoms with E-state index in [9.17, 15) is 18.0 Å². The van der Waals surface area contributed by atoms with Crippen LogP contribution in [0.15, 0.2) is 64.7 Å². The van der Waals surface area contributed by atoms with Gasteiger partial charge in [-0.05, 0) is 53.8 Å². The van der Waals surface area contributed by atoms with Crippen LogP contribution in [0.1, 0.15) is 23.1 Å². The van der Waals surface area contributed by atoms with E-state index in [1.807, 2.05) is 37.3 Å². The summed E-state index contributed by atoms with van der Waals surface area (Å²) in [5, 5.41) is 6.36. The molecule has 1 aliphatic carbocycles. The second-order valence-corrected chi connectivity index (χ2v) is 11.2. The highest BCUT2D eigenvalue weighted by molar-refractivity contribution is 7.91. The minimum Gasteiger partial charge on any atom is -0.384 e. The van der Waals surface area contributed by atoms with Crippen LogP contribution in [0.3, 0.4) is 0 Å². The lowest BCUT2D eigenvalue weighted by atomic mass is 9.92. The number of anilines is 1. The Bertz CT molecular complexity index is 1480. The van der Waals surface area contributed by atoms with Crippen LogP contribution >= 0.6 is 0 Å². The quantitative estimate of drug-likeness (QED) is 0.707. The van der Waals surface area contributed by atoms with Crippen LogP contribution in [-0.2, 0) is 16.9 Å². The molecule has 0 fully saturated rings. The van der Waals surface area contributed by atoms with Gasteiger partial charge in [0.25, 0.3) is 5.56 Å². The van der Waals surface area contributed by atoms with Gasteiger partial charge in [0.2, 0.25) is 0 Å². The molecular weight excluding hydrogens is 452 g/mol. The number of nitrogens with zero attached hydrogens (tertiary/aromatic N) is 2. The number of allylic oxidation sites excluding steroid dienone is 1. The molecule has 0 bridgehead atoms. The zero-order valence-electron chi connectivity index (χ0n) is 19.3. The molecule has 1 aromatic heterocycles. The van der Waals surface area contributed by atoms with Crippen molar-refractivity contribution >= 4 is 32.8 Å². The number of aryl methyl sites for hydroxylation is 2. The topological polar surface area (TPSA) is 101 Å². The molecule has 5 rings (SSSR count). The Labute approximate surface area is 198 Å². The number of para-hydroxylation sites is 1. The van der Waals surface area contributed by atoms with Gasteiger partial charge in [0, 0.05) is 43.5 Å². The van der Waals surface area contributed by atoms with Gasteiger partial charge in [-0.2, -0.15) is 0 Å². The minimum absolute atomic E-state index is 0.203. The second kappa shape index (κ2) is 8.02. The van der Waals surface area contributed by atoms with Gasteiger partial charge in [-0.15, -0.1) is 0 Å². The number of benzene rings is 1. The van der Waals surface area contributed by atoms with Crippen molar-refractivity contribution in [2.75, 3.05) is 23.9 Å². The van der Waals surface area contributed by atoms with Gasteiger partial charge in [0.15, 0.2) is 9.84 Å². The van der Waals surface area contributed by atoms with Crippen molar-refractivity contribution in [3.8, 4) is 0 Å². The largest absolute Gasteiger partial charge is 0.384 e. The van der Waals surface area contributed by atoms with Gasteiger partial charge in [-0.1, -0.05) is 18.2 Å². The molecule has 1 aromatic carbocycles. The van der Waals surface area contributed by atoms with Crippen LogP contribution in [0.25, 0.3) is 11.3 Å². The fraction of sp³-hybridized carbons (Fsp3) is 0.280. The predicted octanol–water partition coefficient (Wildman–Crippen LogP) is 2.64. The van der Waals surface area contributed by atoms with Crippen LogP contribution in [0.4, 0.5) is 10.5 Å². The van der Waals surface area contributed by atoms with Crippen molar-refractivity contribution in [2.45, 2.75) is 19.4 Å². The number of hydrogen-bond donors (Lipinski definition) is 2. The van der Waals surface area contributed by atoms with E-state index in [-0.39, 0.29) is 23.4 Å². The summed E-state index contributed by atoms with van der Waals surface area (Å²) in [7, 11) is -1.69. The number of rotatable bonds is 3. The Balaban J connectivity index is 1.66. The highest BCUT2D eigenvalue weighted by Gasteiger charge is 2.40. The van der Waals surface area contributed by atoms with Gasteiger partial charge in [0.1, 0.15) is 0 Å². The Morgan fingerprint density at radius 1 is 1.24 bits per heavy atom. The fourth-order valence-electron chi connectivity index (χ4n) is 4.90. The normalized spacial score (nSPS) is 18.9. The van der Waals surface area contributed by atoms with E-state index in [1.165, 1.54) is 10.8 Å². The van der Waals surface area contributed by atoms with E-state index in [0.717, 1.165) is 22.4 Å². The number of carbonyl (C=O) groups excluding carboxylic acids is 1. The molecule has 1 atom stereocenters. The van der Waals surface area contributed by atoms with Gasteiger partial charge in [-0.3, -0.25) is 9.69 Å². The molecule has 9 heteroatoms. The van der Waals surface area contributed by atoms with Crippen molar-refractivity contribution in [3.63, 3.8) is 0 Å². The van der Waals surface area contributed by atoms with E-state index < -0.39 is 9.84 Å². The molecule has 34 heavy (non-hydrogen) atoms. The molecule has 0 saturated carbocycles. The molecule has 176 valence electrons. The van der Waals surface area contributed by atoms with Crippen LogP contribution in [-0.4, -0.2) is 48.5 Å². The molecule has 3 aliphatic rings. The van der Waals surface area contributed by atoms with Gasteiger partial charge in [0.05, 0.1) is 23.1 Å². The Morgan fingerprint density at radius 2 is 2.00 bits per heavy atom. The van der Waals surface area contributed by atoms with E-state index >= 15 is 0 Å². The second-order valence-electron chi connectivity index (χ2n) is 9.02. The number of urea groups is 1. The first kappa shape index (κ1) is 22.2. The number of carbonyl (C=O) groups is 1. The molecule has 2 aromatic rings. The third kappa shape index (κ3) is 3.75. The molecule has 0 radical (unpaired) electrons. The standard InChI is InChI=1S/C25H26N4O4S/c1-15-6-4-5-7-19(15)27-25(31)29-13-16-12-17(14-34(3,32)33)18-9-11-28(2)24(30)22(18)23-21(16)20(29)8-10-26-23/h4-7,9,11-13,20,26H,8,10,14H2,1-3H3,(H,27,31). The fourth-order valence-corrected chi connectivity index (χ4v) is 5.70. The highest BCUT2D eigenvalue weighted by atomic mass is 32.2. The number of sulfone groups is 1.